The van der Waals surface area contributed by atoms with Crippen molar-refractivity contribution in [2.24, 2.45) is 11.8 Å². The molecule has 0 saturated carbocycles. The molecule has 0 fully saturated rings. The Bertz CT molecular complexity index is 636. The molecule has 0 aromatic heterocycles. The molecule has 4 nitrogen and oxygen atoms in total. The van der Waals surface area contributed by atoms with E-state index in [9.17, 15) is 9.59 Å². The van der Waals surface area contributed by atoms with Gasteiger partial charge < -0.3 is 10.1 Å². The van der Waals surface area contributed by atoms with Gasteiger partial charge in [0.15, 0.2) is 0 Å². The minimum atomic E-state index is -0.408. The van der Waals surface area contributed by atoms with Gasteiger partial charge in [0.25, 0.3) is 0 Å². The monoisotopic (exact) mass is 329 g/mol. The molecule has 0 radical (unpaired) electrons. The zero-order valence-corrected chi connectivity index (χ0v) is 15.0. The van der Waals surface area contributed by atoms with Gasteiger partial charge in [0.1, 0.15) is 0 Å². The summed E-state index contributed by atoms with van der Waals surface area (Å²) in [5.41, 5.74) is 2.99. The highest BCUT2D eigenvalue weighted by molar-refractivity contribution is 5.96. The summed E-state index contributed by atoms with van der Waals surface area (Å²) in [5.74, 6) is -1.17. The van der Waals surface area contributed by atoms with Crippen LogP contribution in [0, 0.1) is 25.7 Å². The molecule has 1 aliphatic carbocycles. The summed E-state index contributed by atoms with van der Waals surface area (Å²) in [4.78, 5) is 25.2. The zero-order valence-electron chi connectivity index (χ0n) is 15.0. The van der Waals surface area contributed by atoms with Crippen LogP contribution in [0.2, 0.25) is 0 Å². The molecule has 1 aromatic carbocycles. The van der Waals surface area contributed by atoms with E-state index in [1.165, 1.54) is 0 Å². The standard InChI is InChI=1S/C20H27NO3/c1-5-14(3)24-20(23)17-11-7-6-10-16(17)19(22)21-18-12-8-9-13(2)15(18)4/h6-9,12,14,16-17H,5,10-11H2,1-4H3,(H,21,22)/t14-,16+,17+/m0/s1. The zero-order chi connectivity index (χ0) is 17.7. The van der Waals surface area contributed by atoms with E-state index in [0.717, 1.165) is 23.2 Å². The Balaban J connectivity index is 2.12. The third kappa shape index (κ3) is 4.25. The van der Waals surface area contributed by atoms with E-state index in [1.807, 2.05) is 58.0 Å². The third-order valence-corrected chi connectivity index (χ3v) is 4.83. The van der Waals surface area contributed by atoms with Crippen LogP contribution in [0.4, 0.5) is 5.69 Å². The van der Waals surface area contributed by atoms with Crippen molar-refractivity contribution in [3.05, 3.63) is 41.5 Å². The highest BCUT2D eigenvalue weighted by Crippen LogP contribution is 2.29. The second-order valence-corrected chi connectivity index (χ2v) is 6.55. The van der Waals surface area contributed by atoms with Gasteiger partial charge in [0, 0.05) is 5.69 Å². The lowest BCUT2D eigenvalue weighted by Crippen LogP contribution is -2.36. The quantitative estimate of drug-likeness (QED) is 0.652. The van der Waals surface area contributed by atoms with E-state index in [1.54, 1.807) is 0 Å². The minimum Gasteiger partial charge on any atom is -0.462 e. The Kier molecular flexibility index (Phi) is 6.18. The lowest BCUT2D eigenvalue weighted by atomic mass is 9.82. The van der Waals surface area contributed by atoms with Gasteiger partial charge in [-0.05, 0) is 57.2 Å². The van der Waals surface area contributed by atoms with Gasteiger partial charge in [-0.25, -0.2) is 0 Å². The first kappa shape index (κ1) is 18.2. The molecule has 1 aliphatic rings. The fourth-order valence-electron chi connectivity index (χ4n) is 2.85. The maximum absolute atomic E-state index is 12.7. The maximum atomic E-state index is 12.7. The molecular formula is C20H27NO3. The minimum absolute atomic E-state index is 0.112. The lowest BCUT2D eigenvalue weighted by Gasteiger charge is -2.27. The average molecular weight is 329 g/mol. The first-order valence-electron chi connectivity index (χ1n) is 8.66. The predicted molar refractivity (Wildman–Crippen MR) is 95.7 cm³/mol. The van der Waals surface area contributed by atoms with E-state index >= 15 is 0 Å². The smallest absolute Gasteiger partial charge is 0.310 e. The maximum Gasteiger partial charge on any atom is 0.310 e. The highest BCUT2D eigenvalue weighted by atomic mass is 16.5. The molecule has 4 heteroatoms. The number of amides is 1. The Morgan fingerprint density at radius 1 is 1.21 bits per heavy atom. The first-order valence-corrected chi connectivity index (χ1v) is 8.66. The van der Waals surface area contributed by atoms with Crippen molar-refractivity contribution in [2.45, 2.75) is 53.1 Å². The fraction of sp³-hybridized carbons (Fsp3) is 0.500. The van der Waals surface area contributed by atoms with E-state index in [0.29, 0.717) is 12.8 Å². The molecule has 130 valence electrons. The Hall–Kier alpha value is -2.10. The summed E-state index contributed by atoms with van der Waals surface area (Å²) in [6.45, 7) is 7.85. The molecule has 1 aromatic rings. The summed E-state index contributed by atoms with van der Waals surface area (Å²) in [5, 5.41) is 2.99. The molecule has 0 unspecified atom stereocenters. The number of ether oxygens (including phenoxy) is 1. The highest BCUT2D eigenvalue weighted by Gasteiger charge is 2.35. The van der Waals surface area contributed by atoms with Crippen LogP contribution in [-0.4, -0.2) is 18.0 Å². The van der Waals surface area contributed by atoms with Crippen molar-refractivity contribution < 1.29 is 14.3 Å². The van der Waals surface area contributed by atoms with Gasteiger partial charge in [-0.2, -0.15) is 0 Å². The van der Waals surface area contributed by atoms with Crippen LogP contribution >= 0.6 is 0 Å². The second kappa shape index (κ2) is 8.13. The molecule has 3 atom stereocenters. The van der Waals surface area contributed by atoms with Crippen LogP contribution in [0.1, 0.15) is 44.2 Å². The van der Waals surface area contributed by atoms with E-state index in [-0.39, 0.29) is 23.9 Å². The molecule has 1 N–H and O–H groups in total. The Morgan fingerprint density at radius 2 is 1.88 bits per heavy atom. The van der Waals surface area contributed by atoms with Crippen LogP contribution < -0.4 is 5.32 Å². The SMILES string of the molecule is CC[C@H](C)OC(=O)[C@@H]1CC=CC[C@H]1C(=O)Nc1cccc(C)c1C. The Morgan fingerprint density at radius 3 is 2.54 bits per heavy atom. The number of allylic oxidation sites excluding steroid dienone is 2. The number of nitrogens with one attached hydrogen (secondary N) is 1. The second-order valence-electron chi connectivity index (χ2n) is 6.55. The number of carbonyl (C=O) groups excluding carboxylic acids is 2. The number of esters is 1. The number of hydrogen-bond acceptors (Lipinski definition) is 3. The van der Waals surface area contributed by atoms with Crippen molar-refractivity contribution in [1.29, 1.82) is 0 Å². The Labute approximate surface area is 144 Å². The van der Waals surface area contributed by atoms with Gasteiger partial charge >= 0.3 is 5.97 Å². The number of carbonyl (C=O) groups is 2. The summed E-state index contributed by atoms with van der Waals surface area (Å²) < 4.78 is 5.46. The molecular weight excluding hydrogens is 302 g/mol. The van der Waals surface area contributed by atoms with Gasteiger partial charge in [0.2, 0.25) is 5.91 Å². The molecule has 0 heterocycles. The summed E-state index contributed by atoms with van der Waals surface area (Å²) in [7, 11) is 0. The largest absolute Gasteiger partial charge is 0.462 e. The van der Waals surface area contributed by atoms with Gasteiger partial charge in [-0.15, -0.1) is 0 Å². The predicted octanol–water partition coefficient (Wildman–Crippen LogP) is 4.17. The number of rotatable bonds is 5. The van der Waals surface area contributed by atoms with Crippen LogP contribution in [-0.2, 0) is 14.3 Å². The topological polar surface area (TPSA) is 55.4 Å². The normalized spacial score (nSPS) is 21.2. The molecule has 0 bridgehead atoms. The van der Waals surface area contributed by atoms with Crippen molar-refractivity contribution in [2.75, 3.05) is 5.32 Å². The molecule has 2 rings (SSSR count). The van der Waals surface area contributed by atoms with Crippen LogP contribution in [0.5, 0.6) is 0 Å². The molecule has 1 amide bonds. The lowest BCUT2D eigenvalue weighted by molar-refractivity contribution is -0.157. The van der Waals surface area contributed by atoms with Crippen molar-refractivity contribution in [3.8, 4) is 0 Å². The number of hydrogen-bond donors (Lipinski definition) is 1. The third-order valence-electron chi connectivity index (χ3n) is 4.83. The van der Waals surface area contributed by atoms with E-state index < -0.39 is 5.92 Å². The van der Waals surface area contributed by atoms with Crippen molar-refractivity contribution in [1.82, 2.24) is 0 Å². The van der Waals surface area contributed by atoms with E-state index in [4.69, 9.17) is 4.74 Å². The fourth-order valence-corrected chi connectivity index (χ4v) is 2.85. The molecule has 24 heavy (non-hydrogen) atoms. The summed E-state index contributed by atoms with van der Waals surface area (Å²) >= 11 is 0. The summed E-state index contributed by atoms with van der Waals surface area (Å²) in [6.07, 6.45) is 5.71. The van der Waals surface area contributed by atoms with Crippen LogP contribution in [0.15, 0.2) is 30.4 Å². The van der Waals surface area contributed by atoms with Gasteiger partial charge in [-0.3, -0.25) is 9.59 Å². The average Bonchev–Trinajstić information content (AvgIpc) is 2.58. The molecule has 0 aliphatic heterocycles. The van der Waals surface area contributed by atoms with Gasteiger partial charge in [0.05, 0.1) is 17.9 Å². The number of anilines is 1. The van der Waals surface area contributed by atoms with Crippen molar-refractivity contribution in [3.63, 3.8) is 0 Å². The summed E-state index contributed by atoms with van der Waals surface area (Å²) in [6, 6.07) is 5.83. The molecule has 0 saturated heterocycles. The number of benzene rings is 1. The van der Waals surface area contributed by atoms with Crippen LogP contribution in [0.3, 0.4) is 0 Å². The van der Waals surface area contributed by atoms with Crippen molar-refractivity contribution >= 4 is 17.6 Å². The van der Waals surface area contributed by atoms with E-state index in [2.05, 4.69) is 5.32 Å². The van der Waals surface area contributed by atoms with Crippen LogP contribution in [0.25, 0.3) is 0 Å². The number of aryl methyl sites for hydroxylation is 1. The first-order chi connectivity index (χ1) is 11.4. The van der Waals surface area contributed by atoms with Gasteiger partial charge in [-0.1, -0.05) is 31.2 Å². The molecule has 0 spiro atoms.